The van der Waals surface area contributed by atoms with Gasteiger partial charge in [0.25, 0.3) is 11.8 Å². The number of hydrogen-bond donors (Lipinski definition) is 2. The van der Waals surface area contributed by atoms with Gasteiger partial charge < -0.3 is 11.5 Å². The molecule has 0 saturated heterocycles. The molecule has 82 valence electrons. The van der Waals surface area contributed by atoms with E-state index in [1.165, 1.54) is 12.1 Å². The van der Waals surface area contributed by atoms with Crippen LogP contribution in [0, 0.1) is 0 Å². The number of benzene rings is 1. The van der Waals surface area contributed by atoms with E-state index in [0.29, 0.717) is 0 Å². The van der Waals surface area contributed by atoms with Gasteiger partial charge in [-0.25, -0.2) is 0 Å². The number of nitrogens with zero attached hydrogens (tertiary/aromatic N) is 1. The smallest absolute Gasteiger partial charge is 0.264 e. The van der Waals surface area contributed by atoms with Crippen molar-refractivity contribution in [3.63, 3.8) is 0 Å². The van der Waals surface area contributed by atoms with Gasteiger partial charge in [-0.05, 0) is 12.1 Å². The zero-order chi connectivity index (χ0) is 11.9. The Hall–Kier alpha value is -2.37. The molecule has 0 unspecified atom stereocenters. The second kappa shape index (κ2) is 3.34. The number of hydrogen-bond acceptors (Lipinski definition) is 4. The van der Waals surface area contributed by atoms with Crippen molar-refractivity contribution < 1.29 is 14.4 Å². The summed E-state index contributed by atoms with van der Waals surface area (Å²) in [4.78, 5) is 35.0. The average molecular weight is 219 g/mol. The van der Waals surface area contributed by atoms with Crippen LogP contribution in [0.5, 0.6) is 0 Å². The molecule has 0 aromatic heterocycles. The number of nitrogens with two attached hydrogens (primary N) is 2. The lowest BCUT2D eigenvalue weighted by atomic mass is 10.1. The predicted octanol–water partition coefficient (Wildman–Crippen LogP) is -0.650. The lowest BCUT2D eigenvalue weighted by molar-refractivity contribution is -0.118. The summed E-state index contributed by atoms with van der Waals surface area (Å²) >= 11 is 0. The number of rotatable bonds is 2. The summed E-state index contributed by atoms with van der Waals surface area (Å²) in [6.45, 7) is -0.425. The fourth-order valence-corrected chi connectivity index (χ4v) is 1.66. The van der Waals surface area contributed by atoms with Gasteiger partial charge in [0.15, 0.2) is 0 Å². The van der Waals surface area contributed by atoms with E-state index in [1.54, 1.807) is 6.07 Å². The highest BCUT2D eigenvalue weighted by Crippen LogP contribution is 2.26. The minimum Gasteiger partial charge on any atom is -0.398 e. The van der Waals surface area contributed by atoms with E-state index in [-0.39, 0.29) is 16.8 Å². The molecule has 4 N–H and O–H groups in total. The van der Waals surface area contributed by atoms with Crippen molar-refractivity contribution >= 4 is 23.4 Å². The molecule has 2 rings (SSSR count). The first-order valence-electron chi connectivity index (χ1n) is 4.55. The largest absolute Gasteiger partial charge is 0.398 e. The van der Waals surface area contributed by atoms with E-state index >= 15 is 0 Å². The number of fused-ring (bicyclic) bond motifs is 1. The summed E-state index contributed by atoms with van der Waals surface area (Å²) in [6, 6.07) is 4.60. The summed E-state index contributed by atoms with van der Waals surface area (Å²) in [5.74, 6) is -1.85. The standard InChI is InChI=1S/C10H9N3O3/c11-6-3-1-2-5-8(6)10(16)13(9(5)15)4-7(12)14/h1-3H,4,11H2,(H2,12,14). The van der Waals surface area contributed by atoms with Crippen LogP contribution >= 0.6 is 0 Å². The first kappa shape index (κ1) is 10.2. The first-order valence-corrected chi connectivity index (χ1v) is 4.55. The van der Waals surface area contributed by atoms with Crippen molar-refractivity contribution in [1.29, 1.82) is 0 Å². The maximum absolute atomic E-state index is 11.8. The molecule has 0 atom stereocenters. The van der Waals surface area contributed by atoms with Crippen LogP contribution < -0.4 is 11.5 Å². The lowest BCUT2D eigenvalue weighted by Crippen LogP contribution is -2.37. The van der Waals surface area contributed by atoms with Crippen LogP contribution in [0.1, 0.15) is 20.7 Å². The van der Waals surface area contributed by atoms with Gasteiger partial charge in [-0.3, -0.25) is 19.3 Å². The Morgan fingerprint density at radius 1 is 1.25 bits per heavy atom. The Kier molecular flexibility index (Phi) is 2.12. The normalized spacial score (nSPS) is 14.1. The summed E-state index contributed by atoms with van der Waals surface area (Å²) < 4.78 is 0. The molecule has 0 fully saturated rings. The van der Waals surface area contributed by atoms with Gasteiger partial charge in [0.05, 0.1) is 11.1 Å². The third-order valence-corrected chi connectivity index (χ3v) is 2.35. The van der Waals surface area contributed by atoms with Gasteiger partial charge >= 0.3 is 0 Å². The number of primary amides is 1. The van der Waals surface area contributed by atoms with E-state index in [9.17, 15) is 14.4 Å². The Balaban J connectivity index is 2.48. The summed E-state index contributed by atoms with van der Waals surface area (Å²) in [5.41, 5.74) is 11.1. The molecule has 0 aliphatic carbocycles. The van der Waals surface area contributed by atoms with Crippen molar-refractivity contribution in [1.82, 2.24) is 4.90 Å². The molecule has 0 saturated carbocycles. The molecule has 1 aromatic rings. The second-order valence-electron chi connectivity index (χ2n) is 3.43. The fraction of sp³-hybridized carbons (Fsp3) is 0.100. The molecule has 1 aliphatic heterocycles. The van der Waals surface area contributed by atoms with Crippen molar-refractivity contribution in [2.24, 2.45) is 5.73 Å². The summed E-state index contributed by atoms with van der Waals surface area (Å²) in [7, 11) is 0. The van der Waals surface area contributed by atoms with Gasteiger partial charge in [0.1, 0.15) is 6.54 Å². The number of carbonyl (C=O) groups excluding carboxylic acids is 3. The van der Waals surface area contributed by atoms with Crippen LogP contribution in [-0.4, -0.2) is 29.2 Å². The van der Waals surface area contributed by atoms with Crippen LogP contribution in [0.15, 0.2) is 18.2 Å². The number of anilines is 1. The van der Waals surface area contributed by atoms with E-state index < -0.39 is 24.3 Å². The van der Waals surface area contributed by atoms with E-state index in [1.807, 2.05) is 0 Å². The van der Waals surface area contributed by atoms with Crippen LogP contribution in [0.4, 0.5) is 5.69 Å². The zero-order valence-corrected chi connectivity index (χ0v) is 8.27. The Labute approximate surface area is 90.8 Å². The molecule has 1 aliphatic rings. The minimum absolute atomic E-state index is 0.147. The lowest BCUT2D eigenvalue weighted by Gasteiger charge is -2.10. The molecule has 16 heavy (non-hydrogen) atoms. The minimum atomic E-state index is -0.743. The second-order valence-corrected chi connectivity index (χ2v) is 3.43. The number of nitrogen functional groups attached to an aromatic ring is 1. The van der Waals surface area contributed by atoms with Crippen LogP contribution in [0.3, 0.4) is 0 Å². The number of carbonyl (C=O) groups is 3. The Morgan fingerprint density at radius 2 is 1.94 bits per heavy atom. The average Bonchev–Trinajstić information content (AvgIpc) is 2.44. The molecular formula is C10H9N3O3. The molecule has 6 heteroatoms. The highest BCUT2D eigenvalue weighted by Gasteiger charge is 2.37. The van der Waals surface area contributed by atoms with Crippen LogP contribution in [0.25, 0.3) is 0 Å². The SMILES string of the molecule is NC(=O)CN1C(=O)c2cccc(N)c2C1=O. The van der Waals surface area contributed by atoms with Gasteiger partial charge in [0.2, 0.25) is 5.91 Å². The third-order valence-electron chi connectivity index (χ3n) is 2.35. The molecular weight excluding hydrogens is 210 g/mol. The maximum Gasteiger partial charge on any atom is 0.264 e. The van der Waals surface area contributed by atoms with Gasteiger partial charge in [-0.2, -0.15) is 0 Å². The summed E-state index contributed by atoms with van der Waals surface area (Å²) in [5, 5.41) is 0. The van der Waals surface area contributed by atoms with Crippen LogP contribution in [0.2, 0.25) is 0 Å². The number of amides is 3. The molecule has 1 heterocycles. The molecule has 0 spiro atoms. The first-order chi connectivity index (χ1) is 7.52. The summed E-state index contributed by atoms with van der Waals surface area (Å²) in [6.07, 6.45) is 0. The Morgan fingerprint density at radius 3 is 2.50 bits per heavy atom. The Bertz CT molecular complexity index is 510. The van der Waals surface area contributed by atoms with Gasteiger partial charge in [-0.1, -0.05) is 6.07 Å². The van der Waals surface area contributed by atoms with Crippen molar-refractivity contribution in [2.45, 2.75) is 0 Å². The van der Waals surface area contributed by atoms with Crippen molar-refractivity contribution in [2.75, 3.05) is 12.3 Å². The quantitative estimate of drug-likeness (QED) is 0.509. The topological polar surface area (TPSA) is 106 Å². The fourth-order valence-electron chi connectivity index (χ4n) is 1.66. The van der Waals surface area contributed by atoms with E-state index in [0.717, 1.165) is 4.90 Å². The highest BCUT2D eigenvalue weighted by atomic mass is 16.2. The number of imide groups is 1. The molecule has 0 bridgehead atoms. The molecule has 0 radical (unpaired) electrons. The molecule has 3 amide bonds. The van der Waals surface area contributed by atoms with E-state index in [2.05, 4.69) is 0 Å². The molecule has 1 aromatic carbocycles. The maximum atomic E-state index is 11.8. The molecule has 6 nitrogen and oxygen atoms in total. The third kappa shape index (κ3) is 1.31. The van der Waals surface area contributed by atoms with Gasteiger partial charge in [-0.15, -0.1) is 0 Å². The van der Waals surface area contributed by atoms with Crippen molar-refractivity contribution in [3.05, 3.63) is 29.3 Å². The van der Waals surface area contributed by atoms with Crippen molar-refractivity contribution in [3.8, 4) is 0 Å². The predicted molar refractivity (Wildman–Crippen MR) is 55.4 cm³/mol. The van der Waals surface area contributed by atoms with Crippen LogP contribution in [-0.2, 0) is 4.79 Å². The monoisotopic (exact) mass is 219 g/mol. The van der Waals surface area contributed by atoms with Gasteiger partial charge in [0, 0.05) is 5.69 Å². The zero-order valence-electron chi connectivity index (χ0n) is 8.27. The van der Waals surface area contributed by atoms with E-state index in [4.69, 9.17) is 11.5 Å². The highest BCUT2D eigenvalue weighted by molar-refractivity contribution is 6.24.